The number of hydrogen-bond acceptors (Lipinski definition) is 4. The molecule has 2 atom stereocenters. The molecule has 3 heterocycles. The molecule has 1 N–H and O–H groups in total. The molecule has 0 unspecified atom stereocenters. The molecule has 0 aliphatic carbocycles. The minimum Gasteiger partial charge on any atom is -0.452 e. The van der Waals surface area contributed by atoms with Gasteiger partial charge in [0, 0.05) is 16.8 Å². The predicted molar refractivity (Wildman–Crippen MR) is 138 cm³/mol. The van der Waals surface area contributed by atoms with Gasteiger partial charge in [-0.05, 0) is 92.6 Å². The molecule has 0 radical (unpaired) electrons. The maximum atomic E-state index is 6.41. The molecule has 1 aliphatic rings. The third kappa shape index (κ3) is 4.54. The Hall–Kier alpha value is -3.09. The van der Waals surface area contributed by atoms with Crippen molar-refractivity contribution in [3.63, 3.8) is 0 Å². The summed E-state index contributed by atoms with van der Waals surface area (Å²) in [7, 11) is 0. The summed E-state index contributed by atoms with van der Waals surface area (Å²) in [6.07, 6.45) is 1.82. The summed E-state index contributed by atoms with van der Waals surface area (Å²) in [5.41, 5.74) is 5.62. The smallest absolute Gasteiger partial charge is 0.174 e. The molecule has 1 aliphatic heterocycles. The van der Waals surface area contributed by atoms with E-state index < -0.39 is 0 Å². The van der Waals surface area contributed by atoms with Crippen LogP contribution in [0, 0.1) is 20.8 Å². The molecule has 1 fully saturated rings. The highest BCUT2D eigenvalue weighted by molar-refractivity contribution is 7.99. The van der Waals surface area contributed by atoms with Crippen molar-refractivity contribution in [2.45, 2.75) is 42.8 Å². The van der Waals surface area contributed by atoms with Gasteiger partial charge in [0.1, 0.15) is 11.8 Å². The van der Waals surface area contributed by atoms with Crippen LogP contribution in [0.4, 0.5) is 5.69 Å². The predicted octanol–water partition coefficient (Wildman–Crippen LogP) is 6.93. The van der Waals surface area contributed by atoms with Gasteiger partial charge in [-0.2, -0.15) is 0 Å². The zero-order chi connectivity index (χ0) is 22.9. The largest absolute Gasteiger partial charge is 0.452 e. The first-order valence-electron chi connectivity index (χ1n) is 10.9. The Kier molecular flexibility index (Phi) is 5.96. The van der Waals surface area contributed by atoms with Gasteiger partial charge in [0.15, 0.2) is 10.2 Å². The first kappa shape index (κ1) is 21.7. The van der Waals surface area contributed by atoms with Gasteiger partial charge in [0.2, 0.25) is 0 Å². The minimum absolute atomic E-state index is 0.122. The summed E-state index contributed by atoms with van der Waals surface area (Å²) in [6.45, 7) is 6.31. The maximum Gasteiger partial charge on any atom is 0.174 e. The number of nitrogens with zero attached hydrogens (tertiary/aromatic N) is 2. The van der Waals surface area contributed by atoms with E-state index in [9.17, 15) is 0 Å². The second-order valence-electron chi connectivity index (χ2n) is 8.41. The fraction of sp³-hybridized carbons (Fsp3) is 0.185. The quantitative estimate of drug-likeness (QED) is 0.318. The van der Waals surface area contributed by atoms with E-state index in [1.54, 1.807) is 11.8 Å². The highest BCUT2D eigenvalue weighted by Crippen LogP contribution is 2.43. The van der Waals surface area contributed by atoms with Crippen LogP contribution in [0.15, 0.2) is 93.4 Å². The molecule has 33 heavy (non-hydrogen) atoms. The SMILES string of the molecule is Cc1ccc(Sc2ccc([C@@H]3[C@@H](c4ccccn4)NC(=S)N3c3cc(C)cc(C)c3)o2)cc1. The number of thiocarbonyl (C=S) groups is 1. The van der Waals surface area contributed by atoms with Gasteiger partial charge in [-0.3, -0.25) is 4.98 Å². The van der Waals surface area contributed by atoms with E-state index in [-0.39, 0.29) is 12.1 Å². The molecule has 5 rings (SSSR count). The van der Waals surface area contributed by atoms with Crippen LogP contribution in [0.3, 0.4) is 0 Å². The van der Waals surface area contributed by atoms with Crippen LogP contribution in [0.1, 0.15) is 40.2 Å². The van der Waals surface area contributed by atoms with Crippen LogP contribution < -0.4 is 10.2 Å². The molecule has 2 aromatic carbocycles. The number of anilines is 1. The van der Waals surface area contributed by atoms with Crippen molar-refractivity contribution in [1.82, 2.24) is 10.3 Å². The van der Waals surface area contributed by atoms with E-state index in [0.717, 1.165) is 27.1 Å². The van der Waals surface area contributed by atoms with Crippen LogP contribution >= 0.6 is 24.0 Å². The van der Waals surface area contributed by atoms with Crippen molar-refractivity contribution in [3.8, 4) is 0 Å². The fourth-order valence-electron chi connectivity index (χ4n) is 4.28. The van der Waals surface area contributed by atoms with E-state index in [1.807, 2.05) is 30.5 Å². The molecular formula is C27H25N3OS2. The van der Waals surface area contributed by atoms with Crippen LogP contribution in [-0.2, 0) is 0 Å². The first-order chi connectivity index (χ1) is 16.0. The zero-order valence-corrected chi connectivity index (χ0v) is 20.4. The fourth-order valence-corrected chi connectivity index (χ4v) is 5.41. The number of aromatic nitrogens is 1. The van der Waals surface area contributed by atoms with Crippen molar-refractivity contribution < 1.29 is 4.42 Å². The Balaban J connectivity index is 1.54. The number of aryl methyl sites for hydroxylation is 3. The van der Waals surface area contributed by atoms with Crippen LogP contribution in [0.5, 0.6) is 0 Å². The molecule has 0 amide bonds. The zero-order valence-electron chi connectivity index (χ0n) is 18.8. The summed E-state index contributed by atoms with van der Waals surface area (Å²) in [4.78, 5) is 7.93. The second-order valence-corrected chi connectivity index (χ2v) is 9.88. The first-order valence-corrected chi connectivity index (χ1v) is 12.1. The molecular weight excluding hydrogens is 446 g/mol. The van der Waals surface area contributed by atoms with E-state index in [1.165, 1.54) is 16.7 Å². The summed E-state index contributed by atoms with van der Waals surface area (Å²) in [5.74, 6) is 0.853. The van der Waals surface area contributed by atoms with Gasteiger partial charge in [-0.1, -0.05) is 41.6 Å². The lowest BCUT2D eigenvalue weighted by Gasteiger charge is -2.26. The summed E-state index contributed by atoms with van der Waals surface area (Å²) in [5, 5.41) is 5.02. The van der Waals surface area contributed by atoms with Crippen molar-refractivity contribution in [1.29, 1.82) is 0 Å². The molecule has 0 bridgehead atoms. The highest BCUT2D eigenvalue weighted by atomic mass is 32.2. The van der Waals surface area contributed by atoms with Crippen molar-refractivity contribution in [2.75, 3.05) is 4.90 Å². The van der Waals surface area contributed by atoms with Crippen LogP contribution in [0.25, 0.3) is 0 Å². The third-order valence-electron chi connectivity index (χ3n) is 5.72. The summed E-state index contributed by atoms with van der Waals surface area (Å²) >= 11 is 7.45. The minimum atomic E-state index is -0.152. The molecule has 0 saturated carbocycles. The number of furan rings is 1. The summed E-state index contributed by atoms with van der Waals surface area (Å²) < 4.78 is 6.41. The number of nitrogens with one attached hydrogen (secondary N) is 1. The lowest BCUT2D eigenvalue weighted by Crippen LogP contribution is -2.29. The number of rotatable bonds is 5. The van der Waals surface area contributed by atoms with Gasteiger partial charge in [0.25, 0.3) is 0 Å². The van der Waals surface area contributed by atoms with Crippen molar-refractivity contribution >= 4 is 34.8 Å². The number of pyridine rings is 1. The Morgan fingerprint density at radius 3 is 2.36 bits per heavy atom. The molecule has 1 saturated heterocycles. The average Bonchev–Trinajstić information content (AvgIpc) is 3.39. The topological polar surface area (TPSA) is 41.3 Å². The standard InChI is InChI=1S/C27H25N3OS2/c1-17-7-9-21(10-8-17)33-24-12-11-23(31-24)26-25(22-6-4-5-13-28-22)29-27(32)30(26)20-15-18(2)14-19(3)16-20/h4-16,25-26H,1-3H3,(H,29,32)/t25-,26-/m1/s1. The Bertz CT molecular complexity index is 1260. The van der Waals surface area contributed by atoms with Crippen molar-refractivity contribution in [2.24, 2.45) is 0 Å². The molecule has 6 heteroatoms. The van der Waals surface area contributed by atoms with Gasteiger partial charge >= 0.3 is 0 Å². The van der Waals surface area contributed by atoms with E-state index >= 15 is 0 Å². The van der Waals surface area contributed by atoms with Crippen LogP contribution in [-0.4, -0.2) is 10.1 Å². The monoisotopic (exact) mass is 471 g/mol. The van der Waals surface area contributed by atoms with Gasteiger partial charge in [0.05, 0.1) is 11.7 Å². The Morgan fingerprint density at radius 1 is 0.909 bits per heavy atom. The second kappa shape index (κ2) is 9.04. The Morgan fingerprint density at radius 2 is 1.67 bits per heavy atom. The van der Waals surface area contributed by atoms with Crippen molar-refractivity contribution in [3.05, 3.63) is 107 Å². The highest BCUT2D eigenvalue weighted by Gasteiger charge is 2.42. The molecule has 2 aromatic heterocycles. The molecule has 166 valence electrons. The third-order valence-corrected chi connectivity index (χ3v) is 6.96. The van der Waals surface area contributed by atoms with E-state index in [0.29, 0.717) is 5.11 Å². The van der Waals surface area contributed by atoms with Gasteiger partial charge < -0.3 is 14.6 Å². The number of hydrogen-bond donors (Lipinski definition) is 1. The summed E-state index contributed by atoms with van der Waals surface area (Å²) in [6, 6.07) is 24.8. The molecule has 4 nitrogen and oxygen atoms in total. The van der Waals surface area contributed by atoms with E-state index in [2.05, 4.69) is 84.5 Å². The van der Waals surface area contributed by atoms with Gasteiger partial charge in [-0.15, -0.1) is 0 Å². The van der Waals surface area contributed by atoms with Crippen LogP contribution in [0.2, 0.25) is 0 Å². The molecule has 0 spiro atoms. The molecule has 4 aromatic rings. The lowest BCUT2D eigenvalue weighted by molar-refractivity contribution is 0.383. The van der Waals surface area contributed by atoms with Gasteiger partial charge in [-0.25, -0.2) is 0 Å². The number of benzene rings is 2. The Labute approximate surface area is 204 Å². The maximum absolute atomic E-state index is 6.41. The normalized spacial score (nSPS) is 17.9. The van der Waals surface area contributed by atoms with E-state index in [4.69, 9.17) is 16.6 Å². The average molecular weight is 472 g/mol. The lowest BCUT2D eigenvalue weighted by atomic mass is 10.0.